The Morgan fingerprint density at radius 3 is 2.75 bits per heavy atom. The molecule has 0 radical (unpaired) electrons. The van der Waals surface area contributed by atoms with Gasteiger partial charge < -0.3 is 16.0 Å². The molecule has 28 heavy (non-hydrogen) atoms. The Labute approximate surface area is 192 Å². The van der Waals surface area contributed by atoms with E-state index in [1.165, 1.54) is 0 Å². The van der Waals surface area contributed by atoms with Gasteiger partial charge in [0.05, 0.1) is 6.54 Å². The van der Waals surface area contributed by atoms with Crippen LogP contribution in [0.25, 0.3) is 0 Å². The van der Waals surface area contributed by atoms with Crippen LogP contribution >= 0.6 is 47.2 Å². The largest absolute Gasteiger partial charge is 0.357 e. The van der Waals surface area contributed by atoms with Crippen molar-refractivity contribution >= 4 is 64.7 Å². The predicted octanol–water partition coefficient (Wildman–Crippen LogP) is 4.79. The first-order valence-corrected chi connectivity index (χ1v) is 9.67. The Bertz CT molecular complexity index is 860. The van der Waals surface area contributed by atoms with Crippen molar-refractivity contribution in [3.05, 3.63) is 63.6 Å². The summed E-state index contributed by atoms with van der Waals surface area (Å²) in [5.74, 6) is 0.820. The number of nitrogens with zero attached hydrogens (tertiary/aromatic N) is 1. The minimum absolute atomic E-state index is 0. The van der Waals surface area contributed by atoms with E-state index in [-0.39, 0.29) is 35.8 Å². The van der Waals surface area contributed by atoms with Crippen LogP contribution in [0.4, 0.5) is 5.69 Å². The maximum Gasteiger partial charge on any atom is 0.225 e. The number of anilines is 1. The summed E-state index contributed by atoms with van der Waals surface area (Å²) in [6, 6.07) is 13.3. The predicted molar refractivity (Wildman–Crippen MR) is 127 cm³/mol. The van der Waals surface area contributed by atoms with E-state index in [2.05, 4.69) is 27.0 Å². The van der Waals surface area contributed by atoms with Gasteiger partial charge in [-0.1, -0.05) is 47.5 Å². The lowest BCUT2D eigenvalue weighted by molar-refractivity contribution is -0.116. The molecule has 2 aromatic rings. The SMILES string of the molecule is CCNC(=NCc1ccc(Cl)cc1Cl)NCC1CC(=O)Nc2ccccc21.I. The number of benzene rings is 2. The Morgan fingerprint density at radius 1 is 1.21 bits per heavy atom. The number of amides is 1. The third kappa shape index (κ3) is 5.99. The van der Waals surface area contributed by atoms with Gasteiger partial charge in [0.25, 0.3) is 0 Å². The van der Waals surface area contributed by atoms with E-state index in [0.29, 0.717) is 35.5 Å². The van der Waals surface area contributed by atoms with Crippen molar-refractivity contribution in [2.24, 2.45) is 4.99 Å². The number of para-hydroxylation sites is 1. The van der Waals surface area contributed by atoms with Crippen LogP contribution in [-0.4, -0.2) is 25.0 Å². The number of halogens is 3. The lowest BCUT2D eigenvalue weighted by atomic mass is 9.90. The van der Waals surface area contributed by atoms with Crippen molar-refractivity contribution in [3.8, 4) is 0 Å². The molecule has 0 aliphatic carbocycles. The summed E-state index contributed by atoms with van der Waals surface area (Å²) < 4.78 is 0. The van der Waals surface area contributed by atoms with Crippen LogP contribution in [-0.2, 0) is 11.3 Å². The first-order valence-electron chi connectivity index (χ1n) is 8.91. The molecular weight excluding hydrogens is 510 g/mol. The van der Waals surface area contributed by atoms with Gasteiger partial charge in [0.2, 0.25) is 5.91 Å². The first-order chi connectivity index (χ1) is 13.1. The second-order valence-electron chi connectivity index (χ2n) is 6.35. The summed E-state index contributed by atoms with van der Waals surface area (Å²) in [5.41, 5.74) is 2.93. The number of nitrogens with one attached hydrogen (secondary N) is 3. The summed E-state index contributed by atoms with van der Waals surface area (Å²) >= 11 is 12.2. The number of carbonyl (C=O) groups is 1. The minimum atomic E-state index is 0. The van der Waals surface area contributed by atoms with Crippen LogP contribution in [0.3, 0.4) is 0 Å². The molecule has 1 atom stereocenters. The summed E-state index contributed by atoms with van der Waals surface area (Å²) in [7, 11) is 0. The number of guanidine groups is 1. The molecule has 1 amide bonds. The van der Waals surface area contributed by atoms with Gasteiger partial charge in [0.1, 0.15) is 0 Å². The summed E-state index contributed by atoms with van der Waals surface area (Å²) in [5, 5.41) is 10.7. The van der Waals surface area contributed by atoms with E-state index in [1.54, 1.807) is 12.1 Å². The third-order valence-electron chi connectivity index (χ3n) is 4.39. The lowest BCUT2D eigenvalue weighted by Crippen LogP contribution is -2.40. The van der Waals surface area contributed by atoms with Crippen molar-refractivity contribution in [1.82, 2.24) is 10.6 Å². The average Bonchev–Trinajstić information content (AvgIpc) is 2.64. The molecule has 0 fully saturated rings. The fraction of sp³-hybridized carbons (Fsp3) is 0.300. The fourth-order valence-corrected chi connectivity index (χ4v) is 3.53. The van der Waals surface area contributed by atoms with E-state index < -0.39 is 0 Å². The van der Waals surface area contributed by atoms with E-state index >= 15 is 0 Å². The summed E-state index contributed by atoms with van der Waals surface area (Å²) in [4.78, 5) is 16.6. The monoisotopic (exact) mass is 532 g/mol. The van der Waals surface area contributed by atoms with Crippen molar-refractivity contribution in [3.63, 3.8) is 0 Å². The Kier molecular flexibility index (Phi) is 8.85. The number of rotatable bonds is 5. The molecule has 0 saturated carbocycles. The maximum absolute atomic E-state index is 12.0. The lowest BCUT2D eigenvalue weighted by Gasteiger charge is -2.26. The van der Waals surface area contributed by atoms with E-state index in [0.717, 1.165) is 23.4 Å². The molecule has 1 aliphatic heterocycles. The zero-order valence-electron chi connectivity index (χ0n) is 15.5. The Balaban J connectivity index is 0.00000280. The molecule has 8 heteroatoms. The van der Waals surface area contributed by atoms with E-state index in [1.807, 2.05) is 31.2 Å². The highest BCUT2D eigenvalue weighted by molar-refractivity contribution is 14.0. The molecule has 150 valence electrons. The number of hydrogen-bond acceptors (Lipinski definition) is 2. The highest BCUT2D eigenvalue weighted by Crippen LogP contribution is 2.31. The van der Waals surface area contributed by atoms with Gasteiger partial charge in [-0.3, -0.25) is 4.79 Å². The molecule has 1 aliphatic rings. The van der Waals surface area contributed by atoms with E-state index in [4.69, 9.17) is 23.2 Å². The van der Waals surface area contributed by atoms with Gasteiger partial charge in [-0.2, -0.15) is 0 Å². The smallest absolute Gasteiger partial charge is 0.225 e. The van der Waals surface area contributed by atoms with Crippen molar-refractivity contribution in [2.75, 3.05) is 18.4 Å². The van der Waals surface area contributed by atoms with Crippen LogP contribution in [0.5, 0.6) is 0 Å². The zero-order valence-corrected chi connectivity index (χ0v) is 19.3. The Hall–Kier alpha value is -1.51. The molecule has 1 unspecified atom stereocenters. The summed E-state index contributed by atoms with van der Waals surface area (Å²) in [6.07, 6.45) is 0.451. The van der Waals surface area contributed by atoms with Crippen molar-refractivity contribution in [2.45, 2.75) is 25.8 Å². The molecule has 0 spiro atoms. The van der Waals surface area contributed by atoms with Crippen molar-refractivity contribution < 1.29 is 4.79 Å². The third-order valence-corrected chi connectivity index (χ3v) is 4.98. The van der Waals surface area contributed by atoms with Crippen LogP contribution < -0.4 is 16.0 Å². The number of aliphatic imine (C=N–C) groups is 1. The van der Waals surface area contributed by atoms with Gasteiger partial charge in [0, 0.05) is 41.2 Å². The first kappa shape index (κ1) is 22.8. The van der Waals surface area contributed by atoms with Crippen molar-refractivity contribution in [1.29, 1.82) is 0 Å². The van der Waals surface area contributed by atoms with Gasteiger partial charge >= 0.3 is 0 Å². The molecule has 0 saturated heterocycles. The average molecular weight is 533 g/mol. The molecule has 2 aromatic carbocycles. The molecule has 1 heterocycles. The van der Waals surface area contributed by atoms with Crippen LogP contribution in [0.2, 0.25) is 10.0 Å². The molecule has 0 aromatic heterocycles. The Morgan fingerprint density at radius 2 is 2.00 bits per heavy atom. The van der Waals surface area contributed by atoms with E-state index in [9.17, 15) is 4.79 Å². The quantitative estimate of drug-likeness (QED) is 0.294. The standard InChI is InChI=1S/C20H22Cl2N4O.HI/c1-2-23-20(24-11-13-7-8-15(21)10-17(13)22)25-12-14-9-19(27)26-18-6-4-3-5-16(14)18;/h3-8,10,14H,2,9,11-12H2,1H3,(H,26,27)(H2,23,24,25);1H. The minimum Gasteiger partial charge on any atom is -0.357 e. The molecule has 0 bridgehead atoms. The number of carbonyl (C=O) groups excluding carboxylic acids is 1. The van der Waals surface area contributed by atoms with Gasteiger partial charge in [0.15, 0.2) is 5.96 Å². The van der Waals surface area contributed by atoms with Crippen LogP contribution in [0.1, 0.15) is 30.4 Å². The highest BCUT2D eigenvalue weighted by atomic mass is 127. The summed E-state index contributed by atoms with van der Waals surface area (Å²) in [6.45, 7) is 3.80. The second-order valence-corrected chi connectivity index (χ2v) is 7.19. The normalized spacial score (nSPS) is 15.9. The maximum atomic E-state index is 12.0. The van der Waals surface area contributed by atoms with Crippen LogP contribution in [0, 0.1) is 0 Å². The topological polar surface area (TPSA) is 65.5 Å². The van der Waals surface area contributed by atoms with Gasteiger partial charge in [-0.05, 0) is 36.2 Å². The second kappa shape index (κ2) is 10.9. The zero-order chi connectivity index (χ0) is 19.2. The van der Waals surface area contributed by atoms with Gasteiger partial charge in [-0.15, -0.1) is 24.0 Å². The molecule has 3 N–H and O–H groups in total. The number of hydrogen-bond donors (Lipinski definition) is 3. The molecule has 3 rings (SSSR count). The molecular formula is C20H23Cl2IN4O. The molecule has 5 nitrogen and oxygen atoms in total. The highest BCUT2D eigenvalue weighted by Gasteiger charge is 2.24. The van der Waals surface area contributed by atoms with Gasteiger partial charge in [-0.25, -0.2) is 4.99 Å². The fourth-order valence-electron chi connectivity index (χ4n) is 3.06. The van der Waals surface area contributed by atoms with Crippen LogP contribution in [0.15, 0.2) is 47.5 Å². The number of fused-ring (bicyclic) bond motifs is 1.